The Morgan fingerprint density at radius 2 is 1.50 bits per heavy atom. The zero-order valence-corrected chi connectivity index (χ0v) is 11.8. The van der Waals surface area contributed by atoms with Crippen molar-refractivity contribution in [3.63, 3.8) is 0 Å². The molecule has 0 fully saturated rings. The van der Waals surface area contributed by atoms with E-state index in [0.717, 1.165) is 6.42 Å². The third-order valence-corrected chi connectivity index (χ3v) is 3.48. The predicted molar refractivity (Wildman–Crippen MR) is 80.1 cm³/mol. The maximum atomic E-state index is 2.38. The fraction of sp³-hybridized carbons (Fsp3) is 0.333. The van der Waals surface area contributed by atoms with Crippen molar-refractivity contribution in [2.75, 3.05) is 0 Å². The van der Waals surface area contributed by atoms with E-state index in [9.17, 15) is 0 Å². The summed E-state index contributed by atoms with van der Waals surface area (Å²) in [6.45, 7) is 8.51. The Labute approximate surface area is 111 Å². The van der Waals surface area contributed by atoms with Gasteiger partial charge in [0, 0.05) is 0 Å². The second-order valence-corrected chi connectivity index (χ2v) is 4.91. The summed E-state index contributed by atoms with van der Waals surface area (Å²) in [4.78, 5) is 0. The second kappa shape index (κ2) is 5.39. The van der Waals surface area contributed by atoms with E-state index in [4.69, 9.17) is 0 Å². The van der Waals surface area contributed by atoms with Crippen molar-refractivity contribution >= 4 is 0 Å². The van der Waals surface area contributed by atoms with Crippen LogP contribution >= 0.6 is 0 Å². The molecule has 0 saturated heterocycles. The fourth-order valence-electron chi connectivity index (χ4n) is 2.52. The highest BCUT2D eigenvalue weighted by atomic mass is 14.2. The highest BCUT2D eigenvalue weighted by Gasteiger charge is 2.17. The second-order valence-electron chi connectivity index (χ2n) is 4.91. The van der Waals surface area contributed by atoms with Gasteiger partial charge in [0.1, 0.15) is 0 Å². The number of hydrogen-bond acceptors (Lipinski definition) is 0. The highest BCUT2D eigenvalue weighted by molar-refractivity contribution is 5.76. The third-order valence-electron chi connectivity index (χ3n) is 3.48. The Bertz CT molecular complexity index is 535. The minimum Gasteiger partial charge on any atom is -0.0683 e. The third kappa shape index (κ3) is 2.20. The standard InChI is InChI=1S/C16H16.C2H6/c1-11(2)12-7-8-16-14(9-12)10-13-5-3-4-6-15(13)16;1-2/h3-9,11H,10H2,1-2H3;1-2H3. The van der Waals surface area contributed by atoms with Crippen LogP contribution in [0, 0.1) is 0 Å². The lowest BCUT2D eigenvalue weighted by Gasteiger charge is -2.07. The zero-order chi connectivity index (χ0) is 13.1. The first-order valence-electron chi connectivity index (χ1n) is 6.97. The van der Waals surface area contributed by atoms with E-state index in [1.807, 2.05) is 13.8 Å². The van der Waals surface area contributed by atoms with Crippen LogP contribution in [0.15, 0.2) is 42.5 Å². The summed E-state index contributed by atoms with van der Waals surface area (Å²) < 4.78 is 0. The van der Waals surface area contributed by atoms with Crippen LogP contribution in [-0.4, -0.2) is 0 Å². The predicted octanol–water partition coefficient (Wildman–Crippen LogP) is 5.41. The molecule has 0 amide bonds. The van der Waals surface area contributed by atoms with E-state index in [-0.39, 0.29) is 0 Å². The fourth-order valence-corrected chi connectivity index (χ4v) is 2.52. The van der Waals surface area contributed by atoms with E-state index in [0.29, 0.717) is 5.92 Å². The average molecular weight is 238 g/mol. The molecule has 0 heterocycles. The summed E-state index contributed by atoms with van der Waals surface area (Å²) in [5.74, 6) is 0.619. The van der Waals surface area contributed by atoms with Gasteiger partial charge in [0.25, 0.3) is 0 Å². The quantitative estimate of drug-likeness (QED) is 0.532. The largest absolute Gasteiger partial charge is 0.0683 e. The molecule has 3 rings (SSSR count). The lowest BCUT2D eigenvalue weighted by Crippen LogP contribution is -1.89. The normalized spacial score (nSPS) is 11.6. The number of benzene rings is 2. The summed E-state index contributed by atoms with van der Waals surface area (Å²) in [5, 5.41) is 0. The molecule has 0 aromatic heterocycles. The van der Waals surface area contributed by atoms with E-state index in [1.165, 1.54) is 27.8 Å². The first-order valence-corrected chi connectivity index (χ1v) is 6.97. The maximum Gasteiger partial charge on any atom is -0.00134 e. The SMILES string of the molecule is CC.CC(C)c1ccc2c(c1)Cc1ccccc1-2. The molecule has 0 aliphatic heterocycles. The van der Waals surface area contributed by atoms with Gasteiger partial charge in [-0.2, -0.15) is 0 Å². The van der Waals surface area contributed by atoms with Crippen LogP contribution < -0.4 is 0 Å². The van der Waals surface area contributed by atoms with Crippen LogP contribution in [0.2, 0.25) is 0 Å². The number of hydrogen-bond donors (Lipinski definition) is 0. The molecule has 0 atom stereocenters. The molecule has 0 saturated carbocycles. The molecule has 2 aromatic carbocycles. The molecule has 0 radical (unpaired) electrons. The summed E-state index contributed by atoms with van der Waals surface area (Å²) in [6.07, 6.45) is 1.10. The Balaban J connectivity index is 0.000000574. The molecule has 94 valence electrons. The summed E-state index contributed by atoms with van der Waals surface area (Å²) in [5.41, 5.74) is 7.27. The minimum absolute atomic E-state index is 0.619. The van der Waals surface area contributed by atoms with Crippen molar-refractivity contribution in [2.24, 2.45) is 0 Å². The molecule has 0 spiro atoms. The van der Waals surface area contributed by atoms with Crippen molar-refractivity contribution < 1.29 is 0 Å². The lowest BCUT2D eigenvalue weighted by molar-refractivity contribution is 0.864. The van der Waals surface area contributed by atoms with E-state index in [2.05, 4.69) is 56.3 Å². The van der Waals surface area contributed by atoms with Gasteiger partial charge in [-0.05, 0) is 40.2 Å². The molecule has 1 aliphatic carbocycles. The average Bonchev–Trinajstić information content (AvgIpc) is 2.78. The number of fused-ring (bicyclic) bond motifs is 3. The molecule has 0 bridgehead atoms. The van der Waals surface area contributed by atoms with E-state index in [1.54, 1.807) is 0 Å². The molecule has 1 aliphatic rings. The highest BCUT2D eigenvalue weighted by Crippen LogP contribution is 2.37. The Morgan fingerprint density at radius 3 is 2.22 bits per heavy atom. The van der Waals surface area contributed by atoms with Gasteiger partial charge in [-0.3, -0.25) is 0 Å². The summed E-state index contributed by atoms with van der Waals surface area (Å²) >= 11 is 0. The summed E-state index contributed by atoms with van der Waals surface area (Å²) in [6, 6.07) is 15.7. The zero-order valence-electron chi connectivity index (χ0n) is 11.8. The van der Waals surface area contributed by atoms with E-state index < -0.39 is 0 Å². The monoisotopic (exact) mass is 238 g/mol. The molecule has 18 heavy (non-hydrogen) atoms. The topological polar surface area (TPSA) is 0 Å². The molecule has 0 nitrogen and oxygen atoms in total. The number of rotatable bonds is 1. The Hall–Kier alpha value is -1.56. The minimum atomic E-state index is 0.619. The lowest BCUT2D eigenvalue weighted by atomic mass is 9.97. The van der Waals surface area contributed by atoms with Crippen molar-refractivity contribution in [3.8, 4) is 11.1 Å². The van der Waals surface area contributed by atoms with Crippen molar-refractivity contribution in [1.82, 2.24) is 0 Å². The molecule has 0 heteroatoms. The van der Waals surface area contributed by atoms with Crippen LogP contribution in [0.5, 0.6) is 0 Å². The van der Waals surface area contributed by atoms with Gasteiger partial charge in [0.15, 0.2) is 0 Å². The van der Waals surface area contributed by atoms with Crippen molar-refractivity contribution in [2.45, 2.75) is 40.0 Å². The van der Waals surface area contributed by atoms with Gasteiger partial charge < -0.3 is 0 Å². The first-order chi connectivity index (χ1) is 8.75. The van der Waals surface area contributed by atoms with Crippen LogP contribution in [0.4, 0.5) is 0 Å². The van der Waals surface area contributed by atoms with Gasteiger partial charge in [-0.1, -0.05) is 70.2 Å². The maximum absolute atomic E-state index is 2.38. The molecular formula is C18H22. The van der Waals surface area contributed by atoms with Crippen molar-refractivity contribution in [1.29, 1.82) is 0 Å². The van der Waals surface area contributed by atoms with E-state index >= 15 is 0 Å². The van der Waals surface area contributed by atoms with Crippen molar-refractivity contribution in [3.05, 3.63) is 59.2 Å². The van der Waals surface area contributed by atoms with Crippen LogP contribution in [0.25, 0.3) is 11.1 Å². The smallest absolute Gasteiger partial charge is 0.00134 e. The Kier molecular flexibility index (Phi) is 3.86. The van der Waals surface area contributed by atoms with Crippen LogP contribution in [-0.2, 0) is 6.42 Å². The van der Waals surface area contributed by atoms with Gasteiger partial charge in [-0.15, -0.1) is 0 Å². The molecule has 0 N–H and O–H groups in total. The first kappa shape index (κ1) is 12.9. The van der Waals surface area contributed by atoms with Gasteiger partial charge in [0.2, 0.25) is 0 Å². The van der Waals surface area contributed by atoms with Gasteiger partial charge in [-0.25, -0.2) is 0 Å². The molecular weight excluding hydrogens is 216 g/mol. The molecule has 0 unspecified atom stereocenters. The summed E-state index contributed by atoms with van der Waals surface area (Å²) in [7, 11) is 0. The Morgan fingerprint density at radius 1 is 0.833 bits per heavy atom. The van der Waals surface area contributed by atoms with Gasteiger partial charge in [0.05, 0.1) is 0 Å². The van der Waals surface area contributed by atoms with Crippen LogP contribution in [0.3, 0.4) is 0 Å². The van der Waals surface area contributed by atoms with Crippen LogP contribution in [0.1, 0.15) is 50.3 Å². The van der Waals surface area contributed by atoms with Gasteiger partial charge >= 0.3 is 0 Å². The molecule has 2 aromatic rings.